The summed E-state index contributed by atoms with van der Waals surface area (Å²) in [5, 5.41) is 5.74. The molecule has 0 saturated heterocycles. The molecule has 11 heteroatoms. The van der Waals surface area contributed by atoms with Crippen molar-refractivity contribution in [1.82, 2.24) is 9.97 Å². The van der Waals surface area contributed by atoms with Crippen molar-refractivity contribution >= 4 is 39.9 Å². The third kappa shape index (κ3) is 4.65. The van der Waals surface area contributed by atoms with Crippen LogP contribution in [-0.2, 0) is 11.3 Å². The standard InChI is InChI=1S/C19H16ClF3N4O3/c1-29-15-4-3-10(5-12(15)20)8-24-17-11-6-14(27-18(28)19(21,22)23)16(30-2)7-13(11)25-9-26-17/h3-7,9H,8H2,1-2H3,(H,27,28)(H,24,25,26). The Morgan fingerprint density at radius 3 is 2.47 bits per heavy atom. The molecular formula is C19H16ClF3N4O3. The van der Waals surface area contributed by atoms with Gasteiger partial charge in [-0.15, -0.1) is 0 Å². The number of nitrogens with one attached hydrogen (secondary N) is 2. The topological polar surface area (TPSA) is 85.4 Å². The minimum Gasteiger partial charge on any atom is -0.495 e. The zero-order valence-electron chi connectivity index (χ0n) is 15.8. The first-order valence-corrected chi connectivity index (χ1v) is 8.88. The molecule has 0 atom stereocenters. The summed E-state index contributed by atoms with van der Waals surface area (Å²) in [6.07, 6.45) is -3.74. The van der Waals surface area contributed by atoms with Crippen molar-refractivity contribution in [3.8, 4) is 11.5 Å². The summed E-state index contributed by atoms with van der Waals surface area (Å²) in [4.78, 5) is 19.6. The van der Waals surface area contributed by atoms with Gasteiger partial charge in [0.05, 0.1) is 30.4 Å². The normalized spacial score (nSPS) is 11.3. The highest BCUT2D eigenvalue weighted by molar-refractivity contribution is 6.32. The summed E-state index contributed by atoms with van der Waals surface area (Å²) in [6, 6.07) is 7.97. The summed E-state index contributed by atoms with van der Waals surface area (Å²) >= 11 is 6.12. The number of benzene rings is 2. The first kappa shape index (κ1) is 21.4. The number of alkyl halides is 3. The van der Waals surface area contributed by atoms with Crippen LogP contribution in [0.3, 0.4) is 0 Å². The number of ether oxygens (including phenoxy) is 2. The van der Waals surface area contributed by atoms with Crippen molar-refractivity contribution in [2.24, 2.45) is 0 Å². The molecule has 30 heavy (non-hydrogen) atoms. The number of aromatic nitrogens is 2. The average molecular weight is 441 g/mol. The second-order valence-corrected chi connectivity index (χ2v) is 6.47. The third-order valence-electron chi connectivity index (χ3n) is 4.14. The van der Waals surface area contributed by atoms with E-state index in [-0.39, 0.29) is 11.4 Å². The van der Waals surface area contributed by atoms with E-state index in [2.05, 4.69) is 15.3 Å². The molecule has 3 rings (SSSR count). The van der Waals surface area contributed by atoms with Gasteiger partial charge in [0, 0.05) is 18.0 Å². The van der Waals surface area contributed by atoms with Gasteiger partial charge in [-0.05, 0) is 23.8 Å². The molecule has 3 aromatic rings. The van der Waals surface area contributed by atoms with Gasteiger partial charge in [-0.25, -0.2) is 9.97 Å². The van der Waals surface area contributed by atoms with Crippen molar-refractivity contribution in [2.45, 2.75) is 12.7 Å². The van der Waals surface area contributed by atoms with Crippen LogP contribution in [0.4, 0.5) is 24.7 Å². The lowest BCUT2D eigenvalue weighted by molar-refractivity contribution is -0.167. The predicted octanol–water partition coefficient (Wildman–Crippen LogP) is 4.41. The second-order valence-electron chi connectivity index (χ2n) is 6.07. The first-order valence-electron chi connectivity index (χ1n) is 8.50. The predicted molar refractivity (Wildman–Crippen MR) is 106 cm³/mol. The van der Waals surface area contributed by atoms with Crippen molar-refractivity contribution in [3.05, 3.63) is 47.2 Å². The minimum absolute atomic E-state index is 0.0340. The second kappa shape index (κ2) is 8.62. The fraction of sp³-hybridized carbons (Fsp3) is 0.211. The molecule has 0 spiro atoms. The Labute approximate surface area is 174 Å². The van der Waals surface area contributed by atoms with Crippen LogP contribution in [0.2, 0.25) is 5.02 Å². The number of carbonyl (C=O) groups excluding carboxylic acids is 1. The summed E-state index contributed by atoms with van der Waals surface area (Å²) in [6.45, 7) is 0.325. The smallest absolute Gasteiger partial charge is 0.471 e. The highest BCUT2D eigenvalue weighted by atomic mass is 35.5. The zero-order chi connectivity index (χ0) is 21.9. The molecule has 0 aliphatic rings. The fourth-order valence-corrected chi connectivity index (χ4v) is 2.97. The Bertz CT molecular complexity index is 1090. The quantitative estimate of drug-likeness (QED) is 0.590. The number of fused-ring (bicyclic) bond motifs is 1. The Morgan fingerprint density at radius 1 is 1.10 bits per heavy atom. The Balaban J connectivity index is 1.92. The van der Waals surface area contributed by atoms with Gasteiger partial charge in [0.25, 0.3) is 0 Å². The molecule has 0 radical (unpaired) electrons. The van der Waals surface area contributed by atoms with Gasteiger partial charge in [0.2, 0.25) is 0 Å². The molecule has 1 amide bonds. The molecule has 0 bridgehead atoms. The van der Waals surface area contributed by atoms with Crippen molar-refractivity contribution in [3.63, 3.8) is 0 Å². The summed E-state index contributed by atoms with van der Waals surface area (Å²) in [7, 11) is 2.79. The fourth-order valence-electron chi connectivity index (χ4n) is 2.69. The van der Waals surface area contributed by atoms with E-state index in [1.807, 2.05) is 5.32 Å². The van der Waals surface area contributed by atoms with Gasteiger partial charge >= 0.3 is 12.1 Å². The number of halogens is 4. The number of nitrogens with zero attached hydrogens (tertiary/aromatic N) is 2. The van der Waals surface area contributed by atoms with E-state index in [0.29, 0.717) is 34.0 Å². The van der Waals surface area contributed by atoms with Crippen LogP contribution in [0, 0.1) is 0 Å². The van der Waals surface area contributed by atoms with Gasteiger partial charge in [0.1, 0.15) is 23.6 Å². The van der Waals surface area contributed by atoms with Crippen molar-refractivity contribution in [2.75, 3.05) is 24.9 Å². The van der Waals surface area contributed by atoms with E-state index >= 15 is 0 Å². The molecule has 0 fully saturated rings. The van der Waals surface area contributed by atoms with Crippen molar-refractivity contribution < 1.29 is 27.4 Å². The van der Waals surface area contributed by atoms with Gasteiger partial charge in [0.15, 0.2) is 0 Å². The lowest BCUT2D eigenvalue weighted by atomic mass is 10.1. The Kier molecular flexibility index (Phi) is 6.16. The van der Waals surface area contributed by atoms with E-state index in [4.69, 9.17) is 21.1 Å². The summed E-state index contributed by atoms with van der Waals surface area (Å²) in [5.74, 6) is -1.19. The average Bonchev–Trinajstić information content (AvgIpc) is 2.71. The lowest BCUT2D eigenvalue weighted by Crippen LogP contribution is -2.30. The zero-order valence-corrected chi connectivity index (χ0v) is 16.6. The molecule has 0 saturated carbocycles. The third-order valence-corrected chi connectivity index (χ3v) is 4.43. The van der Waals surface area contributed by atoms with Crippen LogP contribution in [0.5, 0.6) is 11.5 Å². The van der Waals surface area contributed by atoms with E-state index in [1.54, 1.807) is 18.2 Å². The molecule has 1 aromatic heterocycles. The largest absolute Gasteiger partial charge is 0.495 e. The van der Waals surface area contributed by atoms with Crippen LogP contribution in [0.15, 0.2) is 36.7 Å². The van der Waals surface area contributed by atoms with Crippen LogP contribution >= 0.6 is 11.6 Å². The van der Waals surface area contributed by atoms with Crippen LogP contribution in [-0.4, -0.2) is 36.3 Å². The first-order chi connectivity index (χ1) is 14.2. The molecule has 0 aliphatic heterocycles. The monoisotopic (exact) mass is 440 g/mol. The molecule has 0 aliphatic carbocycles. The van der Waals surface area contributed by atoms with E-state index in [9.17, 15) is 18.0 Å². The Hall–Kier alpha value is -3.27. The summed E-state index contributed by atoms with van der Waals surface area (Å²) in [5.41, 5.74) is 1.09. The highest BCUT2D eigenvalue weighted by Gasteiger charge is 2.39. The van der Waals surface area contributed by atoms with Crippen LogP contribution in [0.1, 0.15) is 5.56 Å². The Morgan fingerprint density at radius 2 is 1.83 bits per heavy atom. The van der Waals surface area contributed by atoms with E-state index in [1.165, 1.54) is 32.7 Å². The molecule has 0 unspecified atom stereocenters. The van der Waals surface area contributed by atoms with Crippen molar-refractivity contribution in [1.29, 1.82) is 0 Å². The van der Waals surface area contributed by atoms with Gasteiger partial charge in [-0.1, -0.05) is 17.7 Å². The highest BCUT2D eigenvalue weighted by Crippen LogP contribution is 2.33. The van der Waals surface area contributed by atoms with Gasteiger partial charge in [-0.3, -0.25) is 4.79 Å². The number of methoxy groups -OCH3 is 2. The molecule has 7 nitrogen and oxygen atoms in total. The number of anilines is 2. The van der Waals surface area contributed by atoms with Gasteiger partial charge in [-0.2, -0.15) is 13.2 Å². The van der Waals surface area contributed by atoms with Crippen LogP contribution < -0.4 is 20.1 Å². The SMILES string of the molecule is COc1ccc(CNc2ncnc3cc(OC)c(NC(=O)C(F)(F)F)cc23)cc1Cl. The molecule has 2 N–H and O–H groups in total. The summed E-state index contributed by atoms with van der Waals surface area (Å²) < 4.78 is 48.1. The maximum absolute atomic E-state index is 12.6. The molecule has 158 valence electrons. The molecule has 2 aromatic carbocycles. The number of hydrogen-bond donors (Lipinski definition) is 2. The van der Waals surface area contributed by atoms with Crippen LogP contribution in [0.25, 0.3) is 10.9 Å². The number of carbonyl (C=O) groups is 1. The molecule has 1 heterocycles. The van der Waals surface area contributed by atoms with Gasteiger partial charge < -0.3 is 20.1 Å². The number of hydrogen-bond acceptors (Lipinski definition) is 6. The lowest BCUT2D eigenvalue weighted by Gasteiger charge is -2.14. The maximum atomic E-state index is 12.6. The minimum atomic E-state index is -5.04. The number of rotatable bonds is 6. The number of amides is 1. The molecular weight excluding hydrogens is 425 g/mol. The van der Waals surface area contributed by atoms with E-state index < -0.39 is 12.1 Å². The maximum Gasteiger partial charge on any atom is 0.471 e. The van der Waals surface area contributed by atoms with E-state index in [0.717, 1.165) is 5.56 Å².